The lowest BCUT2D eigenvalue weighted by molar-refractivity contribution is 0.116. The van der Waals surface area contributed by atoms with Crippen molar-refractivity contribution in [3.8, 4) is 22.6 Å². The van der Waals surface area contributed by atoms with Crippen molar-refractivity contribution < 1.29 is 13.2 Å². The Bertz CT molecular complexity index is 996. The van der Waals surface area contributed by atoms with Crippen LogP contribution in [0.25, 0.3) is 22.6 Å². The van der Waals surface area contributed by atoms with Crippen LogP contribution in [0.5, 0.6) is 0 Å². The van der Waals surface area contributed by atoms with E-state index in [9.17, 15) is 8.78 Å². The van der Waals surface area contributed by atoms with Crippen LogP contribution < -0.4 is 0 Å². The van der Waals surface area contributed by atoms with Gasteiger partial charge in [-0.25, -0.2) is 0 Å². The number of rotatable bonds is 5. The molecule has 8 heteroatoms. The van der Waals surface area contributed by atoms with Gasteiger partial charge in [-0.3, -0.25) is 9.67 Å². The van der Waals surface area contributed by atoms with Gasteiger partial charge in [-0.15, -0.1) is 10.2 Å². The number of alkyl halides is 2. The topological polar surface area (TPSA) is 69.6 Å². The first-order valence-electron chi connectivity index (χ1n) is 7.84. The monoisotopic (exact) mass is 353 g/mol. The summed E-state index contributed by atoms with van der Waals surface area (Å²) in [4.78, 5) is 4.31. The summed E-state index contributed by atoms with van der Waals surface area (Å²) in [5.74, 6) is -0.682. The molecule has 0 saturated heterocycles. The molecule has 4 rings (SSSR count). The molecule has 0 saturated carbocycles. The molecule has 0 N–H and O–H groups in total. The first-order chi connectivity index (χ1) is 12.7. The van der Waals surface area contributed by atoms with Gasteiger partial charge in [0.15, 0.2) is 0 Å². The molecule has 0 aliphatic heterocycles. The molecular weight excluding hydrogens is 340 g/mol. The Morgan fingerprint density at radius 2 is 1.77 bits per heavy atom. The third-order valence-corrected chi connectivity index (χ3v) is 3.76. The molecule has 0 aliphatic carbocycles. The van der Waals surface area contributed by atoms with Gasteiger partial charge in [0.1, 0.15) is 0 Å². The van der Waals surface area contributed by atoms with Crippen LogP contribution in [0.15, 0.2) is 65.5 Å². The fraction of sp³-hybridized carbons (Fsp3) is 0.111. The lowest BCUT2D eigenvalue weighted by Crippen LogP contribution is -2.01. The van der Waals surface area contributed by atoms with E-state index in [0.717, 1.165) is 16.8 Å². The van der Waals surface area contributed by atoms with Gasteiger partial charge in [0, 0.05) is 18.0 Å². The lowest BCUT2D eigenvalue weighted by Gasteiger charge is -2.02. The molecule has 0 fully saturated rings. The third kappa shape index (κ3) is 3.34. The number of nitrogens with zero attached hydrogens (tertiary/aromatic N) is 5. The van der Waals surface area contributed by atoms with E-state index >= 15 is 0 Å². The smallest absolute Gasteiger partial charge is 0.314 e. The van der Waals surface area contributed by atoms with Crippen LogP contribution in [0.3, 0.4) is 0 Å². The Morgan fingerprint density at radius 3 is 2.46 bits per heavy atom. The molecule has 0 radical (unpaired) electrons. The predicted molar refractivity (Wildman–Crippen MR) is 89.3 cm³/mol. The van der Waals surface area contributed by atoms with Crippen molar-refractivity contribution >= 4 is 0 Å². The molecule has 6 nitrogen and oxygen atoms in total. The molecule has 130 valence electrons. The standard InChI is InChI=1S/C18H13F2N5O/c19-16(20)18-24-23-17(26-18)13-6-7-15(21-8-13)11-25-10-14(9-22-25)12-4-2-1-3-5-12/h1-10,16H,11H2. The summed E-state index contributed by atoms with van der Waals surface area (Å²) < 4.78 is 31.7. The summed E-state index contributed by atoms with van der Waals surface area (Å²) in [5.41, 5.74) is 3.37. The normalized spacial score (nSPS) is 11.2. The molecule has 3 aromatic heterocycles. The van der Waals surface area contributed by atoms with Gasteiger partial charge in [-0.1, -0.05) is 30.3 Å². The van der Waals surface area contributed by atoms with Gasteiger partial charge in [-0.2, -0.15) is 13.9 Å². The van der Waals surface area contributed by atoms with E-state index in [1.54, 1.807) is 23.0 Å². The largest absolute Gasteiger partial charge is 0.415 e. The van der Waals surface area contributed by atoms with Crippen LogP contribution in [0.2, 0.25) is 0 Å². The zero-order valence-corrected chi connectivity index (χ0v) is 13.5. The highest BCUT2D eigenvalue weighted by molar-refractivity contribution is 5.61. The van der Waals surface area contributed by atoms with E-state index in [0.29, 0.717) is 12.1 Å². The summed E-state index contributed by atoms with van der Waals surface area (Å²) in [6.07, 6.45) is 2.47. The Hall–Kier alpha value is -3.42. The minimum absolute atomic E-state index is 0.0183. The van der Waals surface area contributed by atoms with Gasteiger partial charge in [0.2, 0.25) is 5.89 Å². The fourth-order valence-corrected chi connectivity index (χ4v) is 2.48. The number of benzene rings is 1. The average molecular weight is 353 g/mol. The number of hydrogen-bond donors (Lipinski definition) is 0. The van der Waals surface area contributed by atoms with Gasteiger partial charge in [-0.05, 0) is 17.7 Å². The number of halogens is 2. The van der Waals surface area contributed by atoms with Gasteiger partial charge >= 0.3 is 6.43 Å². The van der Waals surface area contributed by atoms with Crippen molar-refractivity contribution in [2.45, 2.75) is 13.0 Å². The quantitative estimate of drug-likeness (QED) is 0.543. The van der Waals surface area contributed by atoms with Crippen molar-refractivity contribution in [1.29, 1.82) is 0 Å². The maximum absolute atomic E-state index is 12.5. The summed E-state index contributed by atoms with van der Waals surface area (Å²) in [6, 6.07) is 13.4. The minimum atomic E-state index is -2.79. The summed E-state index contributed by atoms with van der Waals surface area (Å²) in [7, 11) is 0. The van der Waals surface area contributed by atoms with Crippen molar-refractivity contribution in [3.63, 3.8) is 0 Å². The molecule has 0 atom stereocenters. The van der Waals surface area contributed by atoms with E-state index in [1.807, 2.05) is 36.5 Å². The number of hydrogen-bond acceptors (Lipinski definition) is 5. The van der Waals surface area contributed by atoms with Crippen molar-refractivity contribution in [3.05, 3.63) is 72.6 Å². The van der Waals surface area contributed by atoms with E-state index in [-0.39, 0.29) is 5.89 Å². The van der Waals surface area contributed by atoms with E-state index in [4.69, 9.17) is 4.42 Å². The first kappa shape index (κ1) is 16.1. The summed E-state index contributed by atoms with van der Waals surface area (Å²) in [5, 5.41) is 11.3. The maximum atomic E-state index is 12.5. The van der Waals surface area contributed by atoms with Crippen LogP contribution in [-0.2, 0) is 6.54 Å². The van der Waals surface area contributed by atoms with E-state index in [1.165, 1.54) is 6.20 Å². The minimum Gasteiger partial charge on any atom is -0.415 e. The van der Waals surface area contributed by atoms with Gasteiger partial charge in [0.25, 0.3) is 5.89 Å². The highest BCUT2D eigenvalue weighted by atomic mass is 19.3. The predicted octanol–water partition coefficient (Wildman–Crippen LogP) is 3.98. The summed E-state index contributed by atoms with van der Waals surface area (Å²) in [6.45, 7) is 0.485. The molecule has 0 unspecified atom stereocenters. The van der Waals surface area contributed by atoms with Gasteiger partial charge < -0.3 is 4.42 Å². The second kappa shape index (κ2) is 6.83. The van der Waals surface area contributed by atoms with Crippen LogP contribution in [0, 0.1) is 0 Å². The molecule has 1 aromatic carbocycles. The Labute approximate surface area is 147 Å². The first-order valence-corrected chi connectivity index (χ1v) is 7.84. The molecule has 26 heavy (non-hydrogen) atoms. The third-order valence-electron chi connectivity index (χ3n) is 3.76. The molecule has 0 spiro atoms. The van der Waals surface area contributed by atoms with Crippen LogP contribution in [-0.4, -0.2) is 25.0 Å². The number of aromatic nitrogens is 5. The van der Waals surface area contributed by atoms with Gasteiger partial charge in [0.05, 0.1) is 24.0 Å². The molecule has 0 amide bonds. The second-order valence-corrected chi connectivity index (χ2v) is 5.58. The molecule has 4 aromatic rings. The maximum Gasteiger partial charge on any atom is 0.314 e. The number of pyridine rings is 1. The fourth-order valence-electron chi connectivity index (χ4n) is 2.48. The van der Waals surface area contributed by atoms with Crippen molar-refractivity contribution in [2.24, 2.45) is 0 Å². The molecule has 0 aliphatic rings. The Morgan fingerprint density at radius 1 is 0.923 bits per heavy atom. The van der Waals surface area contributed by atoms with Crippen LogP contribution >= 0.6 is 0 Å². The highest BCUT2D eigenvalue weighted by Crippen LogP contribution is 2.23. The molecule has 3 heterocycles. The average Bonchev–Trinajstić information content (AvgIpc) is 3.33. The Balaban J connectivity index is 1.48. The van der Waals surface area contributed by atoms with E-state index in [2.05, 4.69) is 20.3 Å². The summed E-state index contributed by atoms with van der Waals surface area (Å²) >= 11 is 0. The second-order valence-electron chi connectivity index (χ2n) is 5.58. The molecular formula is C18H13F2N5O. The van der Waals surface area contributed by atoms with Crippen molar-refractivity contribution in [2.75, 3.05) is 0 Å². The SMILES string of the molecule is FC(F)c1nnc(-c2ccc(Cn3cc(-c4ccccc4)cn3)nc2)o1. The zero-order valence-electron chi connectivity index (χ0n) is 13.5. The Kier molecular flexibility index (Phi) is 4.22. The molecule has 0 bridgehead atoms. The van der Waals surface area contributed by atoms with Crippen molar-refractivity contribution in [1.82, 2.24) is 25.0 Å². The van der Waals surface area contributed by atoms with Crippen LogP contribution in [0.4, 0.5) is 8.78 Å². The highest BCUT2D eigenvalue weighted by Gasteiger charge is 2.17. The lowest BCUT2D eigenvalue weighted by atomic mass is 10.1. The van der Waals surface area contributed by atoms with Crippen LogP contribution in [0.1, 0.15) is 18.0 Å². The van der Waals surface area contributed by atoms with E-state index < -0.39 is 12.3 Å². The zero-order chi connectivity index (χ0) is 17.9.